The number of hydrogen-bond acceptors (Lipinski definition) is 3. The minimum Gasteiger partial charge on any atom is -0.385 e. The minimum absolute atomic E-state index is 0.00554. The van der Waals surface area contributed by atoms with E-state index in [4.69, 9.17) is 11.6 Å². The molecular weight excluding hydrogens is 341 g/mol. The topological polar surface area (TPSA) is 44.4 Å². The Morgan fingerprint density at radius 2 is 1.76 bits per heavy atom. The molecule has 1 heterocycles. The normalized spacial score (nSPS) is 13.8. The summed E-state index contributed by atoms with van der Waals surface area (Å²) in [7, 11) is 0. The lowest BCUT2D eigenvalue weighted by Gasteiger charge is -2.18. The SMILES string of the molecule is O=C(CCNc1ccc(N2CCCC2)cc1)Nc1ccc(F)c(Cl)c1. The first-order valence-electron chi connectivity index (χ1n) is 8.45. The Labute approximate surface area is 152 Å². The van der Waals surface area contributed by atoms with Crippen LogP contribution in [0.2, 0.25) is 5.02 Å². The number of nitrogens with zero attached hydrogens (tertiary/aromatic N) is 1. The zero-order valence-electron chi connectivity index (χ0n) is 13.9. The van der Waals surface area contributed by atoms with Gasteiger partial charge in [-0.05, 0) is 55.3 Å². The molecule has 0 radical (unpaired) electrons. The predicted octanol–water partition coefficient (Wildman–Crippen LogP) is 4.52. The van der Waals surface area contributed by atoms with E-state index in [-0.39, 0.29) is 10.9 Å². The molecule has 0 bridgehead atoms. The third-order valence-corrected chi connectivity index (χ3v) is 4.51. The summed E-state index contributed by atoms with van der Waals surface area (Å²) < 4.78 is 13.1. The van der Waals surface area contributed by atoms with E-state index >= 15 is 0 Å². The van der Waals surface area contributed by atoms with Crippen molar-refractivity contribution in [2.75, 3.05) is 35.2 Å². The molecule has 1 aliphatic rings. The highest BCUT2D eigenvalue weighted by molar-refractivity contribution is 6.31. The predicted molar refractivity (Wildman–Crippen MR) is 101 cm³/mol. The van der Waals surface area contributed by atoms with Crippen LogP contribution in [0.1, 0.15) is 19.3 Å². The molecule has 0 saturated carbocycles. The van der Waals surface area contributed by atoms with Crippen molar-refractivity contribution in [1.82, 2.24) is 0 Å². The summed E-state index contributed by atoms with van der Waals surface area (Å²) in [5, 5.41) is 5.93. The van der Waals surface area contributed by atoms with Gasteiger partial charge < -0.3 is 15.5 Å². The molecule has 4 nitrogen and oxygen atoms in total. The van der Waals surface area contributed by atoms with Gasteiger partial charge in [-0.25, -0.2) is 4.39 Å². The van der Waals surface area contributed by atoms with Crippen LogP contribution in [0.3, 0.4) is 0 Å². The van der Waals surface area contributed by atoms with E-state index in [1.165, 1.54) is 36.7 Å². The molecule has 0 aliphatic carbocycles. The maximum Gasteiger partial charge on any atom is 0.226 e. The van der Waals surface area contributed by atoms with E-state index in [9.17, 15) is 9.18 Å². The van der Waals surface area contributed by atoms with Gasteiger partial charge in [0, 0.05) is 43.1 Å². The Kier molecular flexibility index (Phi) is 5.76. The summed E-state index contributed by atoms with van der Waals surface area (Å²) in [5.74, 6) is -0.650. The molecule has 1 aliphatic heterocycles. The standard InChI is InChI=1S/C19H21ClFN3O/c20-17-13-15(5-8-18(17)21)23-19(25)9-10-22-14-3-6-16(7-4-14)24-11-1-2-12-24/h3-8,13,22H,1-2,9-12H2,(H,23,25). The molecule has 2 aromatic carbocycles. The monoisotopic (exact) mass is 361 g/mol. The average Bonchev–Trinajstić information content (AvgIpc) is 3.13. The van der Waals surface area contributed by atoms with E-state index in [0.717, 1.165) is 18.8 Å². The number of carbonyl (C=O) groups excluding carboxylic acids is 1. The maximum absolute atomic E-state index is 13.1. The Morgan fingerprint density at radius 1 is 1.08 bits per heavy atom. The van der Waals surface area contributed by atoms with Crippen LogP contribution in [0.15, 0.2) is 42.5 Å². The Bertz CT molecular complexity index is 730. The van der Waals surface area contributed by atoms with Gasteiger partial charge in [-0.1, -0.05) is 11.6 Å². The van der Waals surface area contributed by atoms with Crippen molar-refractivity contribution in [3.8, 4) is 0 Å². The number of hydrogen-bond donors (Lipinski definition) is 2. The molecule has 3 rings (SSSR count). The van der Waals surface area contributed by atoms with Crippen LogP contribution < -0.4 is 15.5 Å². The van der Waals surface area contributed by atoms with Crippen LogP contribution in [-0.4, -0.2) is 25.5 Å². The van der Waals surface area contributed by atoms with E-state index < -0.39 is 5.82 Å². The fraction of sp³-hybridized carbons (Fsp3) is 0.316. The summed E-state index contributed by atoms with van der Waals surface area (Å²) in [5.41, 5.74) is 2.72. The lowest BCUT2D eigenvalue weighted by atomic mass is 10.2. The molecule has 0 spiro atoms. The number of halogens is 2. The number of carbonyl (C=O) groups is 1. The van der Waals surface area contributed by atoms with Crippen LogP contribution in [-0.2, 0) is 4.79 Å². The molecule has 0 atom stereocenters. The first-order valence-corrected chi connectivity index (χ1v) is 8.83. The first kappa shape index (κ1) is 17.5. The number of rotatable bonds is 6. The van der Waals surface area contributed by atoms with Crippen molar-refractivity contribution in [2.24, 2.45) is 0 Å². The number of benzene rings is 2. The number of amides is 1. The van der Waals surface area contributed by atoms with Gasteiger partial charge in [0.05, 0.1) is 5.02 Å². The van der Waals surface area contributed by atoms with Gasteiger partial charge >= 0.3 is 0 Å². The fourth-order valence-electron chi connectivity index (χ4n) is 2.88. The molecule has 0 aromatic heterocycles. The highest BCUT2D eigenvalue weighted by Crippen LogP contribution is 2.22. The highest BCUT2D eigenvalue weighted by atomic mass is 35.5. The van der Waals surface area contributed by atoms with E-state index in [1.54, 1.807) is 0 Å². The van der Waals surface area contributed by atoms with E-state index in [1.807, 2.05) is 12.1 Å². The molecule has 2 aromatic rings. The van der Waals surface area contributed by atoms with Gasteiger partial charge in [0.2, 0.25) is 5.91 Å². The molecule has 1 amide bonds. The van der Waals surface area contributed by atoms with Crippen LogP contribution in [0.4, 0.5) is 21.5 Å². The zero-order chi connectivity index (χ0) is 17.6. The molecule has 1 saturated heterocycles. The first-order chi connectivity index (χ1) is 12.1. The van der Waals surface area contributed by atoms with Crippen molar-refractivity contribution in [2.45, 2.75) is 19.3 Å². The van der Waals surface area contributed by atoms with Crippen LogP contribution in [0, 0.1) is 5.82 Å². The Hall–Kier alpha value is -2.27. The second kappa shape index (κ2) is 8.21. The zero-order valence-corrected chi connectivity index (χ0v) is 14.7. The van der Waals surface area contributed by atoms with Crippen molar-refractivity contribution in [3.63, 3.8) is 0 Å². The van der Waals surface area contributed by atoms with Gasteiger partial charge in [-0.3, -0.25) is 4.79 Å². The Morgan fingerprint density at radius 3 is 2.44 bits per heavy atom. The smallest absolute Gasteiger partial charge is 0.226 e. The molecule has 6 heteroatoms. The lowest BCUT2D eigenvalue weighted by molar-refractivity contribution is -0.115. The summed E-state index contributed by atoms with van der Waals surface area (Å²) in [6, 6.07) is 12.4. The molecular formula is C19H21ClFN3O. The summed E-state index contributed by atoms with van der Waals surface area (Å²) in [6.07, 6.45) is 2.83. The quantitative estimate of drug-likeness (QED) is 0.795. The number of anilines is 3. The van der Waals surface area contributed by atoms with Gasteiger partial charge in [-0.2, -0.15) is 0 Å². The highest BCUT2D eigenvalue weighted by Gasteiger charge is 2.11. The van der Waals surface area contributed by atoms with Crippen molar-refractivity contribution in [1.29, 1.82) is 0 Å². The van der Waals surface area contributed by atoms with Gasteiger partial charge in [-0.15, -0.1) is 0 Å². The molecule has 0 unspecified atom stereocenters. The van der Waals surface area contributed by atoms with E-state index in [0.29, 0.717) is 18.7 Å². The van der Waals surface area contributed by atoms with Crippen molar-refractivity contribution < 1.29 is 9.18 Å². The van der Waals surface area contributed by atoms with Crippen molar-refractivity contribution >= 4 is 34.6 Å². The second-order valence-electron chi connectivity index (χ2n) is 6.09. The van der Waals surface area contributed by atoms with Gasteiger partial charge in [0.25, 0.3) is 0 Å². The Balaban J connectivity index is 1.44. The van der Waals surface area contributed by atoms with Crippen molar-refractivity contribution in [3.05, 3.63) is 53.3 Å². The average molecular weight is 362 g/mol. The summed E-state index contributed by atoms with van der Waals surface area (Å²) >= 11 is 5.70. The van der Waals surface area contributed by atoms with Crippen LogP contribution >= 0.6 is 11.6 Å². The fourth-order valence-corrected chi connectivity index (χ4v) is 3.06. The second-order valence-corrected chi connectivity index (χ2v) is 6.50. The summed E-state index contributed by atoms with van der Waals surface area (Å²) in [6.45, 7) is 2.77. The third-order valence-electron chi connectivity index (χ3n) is 4.22. The van der Waals surface area contributed by atoms with E-state index in [2.05, 4.69) is 27.7 Å². The minimum atomic E-state index is -0.501. The van der Waals surface area contributed by atoms with Gasteiger partial charge in [0.15, 0.2) is 0 Å². The van der Waals surface area contributed by atoms with Crippen LogP contribution in [0.5, 0.6) is 0 Å². The van der Waals surface area contributed by atoms with Gasteiger partial charge in [0.1, 0.15) is 5.82 Å². The molecule has 1 fully saturated rings. The maximum atomic E-state index is 13.1. The third kappa shape index (κ3) is 4.86. The summed E-state index contributed by atoms with van der Waals surface area (Å²) in [4.78, 5) is 14.3. The molecule has 25 heavy (non-hydrogen) atoms. The molecule has 132 valence electrons. The molecule has 2 N–H and O–H groups in total. The number of nitrogens with one attached hydrogen (secondary N) is 2. The lowest BCUT2D eigenvalue weighted by Crippen LogP contribution is -2.17. The largest absolute Gasteiger partial charge is 0.385 e. The van der Waals surface area contributed by atoms with Crippen LogP contribution in [0.25, 0.3) is 0 Å².